The number of ketones is 1. The van der Waals surface area contributed by atoms with Crippen LogP contribution in [-0.4, -0.2) is 53.4 Å². The lowest BCUT2D eigenvalue weighted by Gasteiger charge is -2.37. The Morgan fingerprint density at radius 2 is 1.74 bits per heavy atom. The van der Waals surface area contributed by atoms with Gasteiger partial charge in [-0.2, -0.15) is 0 Å². The second kappa shape index (κ2) is 10.2. The summed E-state index contributed by atoms with van der Waals surface area (Å²) < 4.78 is 10.9. The maximum absolute atomic E-state index is 12.7. The van der Waals surface area contributed by atoms with Crippen molar-refractivity contribution in [1.29, 1.82) is 0 Å². The van der Waals surface area contributed by atoms with Crippen LogP contribution in [0.2, 0.25) is 0 Å². The predicted molar refractivity (Wildman–Crippen MR) is 98.5 cm³/mol. The molecule has 0 heterocycles. The highest BCUT2D eigenvalue weighted by atomic mass is 16.6. The second-order valence-corrected chi connectivity index (χ2v) is 6.77. The average molecular weight is 380 g/mol. The first-order valence-electron chi connectivity index (χ1n) is 8.86. The van der Waals surface area contributed by atoms with Gasteiger partial charge >= 0.3 is 11.9 Å². The van der Waals surface area contributed by atoms with Crippen LogP contribution in [0.15, 0.2) is 34.9 Å². The summed E-state index contributed by atoms with van der Waals surface area (Å²) in [4.78, 5) is 37.1. The Labute approximate surface area is 159 Å². The summed E-state index contributed by atoms with van der Waals surface area (Å²) in [6, 6.07) is 0. The number of esters is 2. The number of Topliss-reactive ketones (excluding diaryl/α,β-unsaturated/α-hetero) is 1. The molecule has 1 aliphatic carbocycles. The van der Waals surface area contributed by atoms with Gasteiger partial charge in [0.1, 0.15) is 6.10 Å². The number of carbonyl (C=O) groups is 3. The molecule has 1 aliphatic rings. The largest absolute Gasteiger partial charge is 0.454 e. The van der Waals surface area contributed by atoms with Crippen molar-refractivity contribution in [3.63, 3.8) is 0 Å². The van der Waals surface area contributed by atoms with E-state index in [1.807, 2.05) is 13.8 Å². The molecule has 1 rings (SSSR count). The van der Waals surface area contributed by atoms with E-state index < -0.39 is 42.5 Å². The molecule has 0 bridgehead atoms. The molecule has 0 radical (unpaired) electrons. The maximum Gasteiger partial charge on any atom is 0.334 e. The monoisotopic (exact) mass is 380 g/mol. The molecule has 0 aromatic heterocycles. The Balaban J connectivity index is 3.26. The molecule has 0 aromatic rings. The molecule has 0 amide bonds. The highest BCUT2D eigenvalue weighted by molar-refractivity contribution is 6.02. The number of hydrogen-bond donors (Lipinski definition) is 2. The van der Waals surface area contributed by atoms with Gasteiger partial charge < -0.3 is 19.7 Å². The van der Waals surface area contributed by atoms with Gasteiger partial charge in [0.15, 0.2) is 6.10 Å². The number of aliphatic hydroxyl groups excluding tert-OH is 2. The zero-order chi connectivity index (χ0) is 20.7. The number of rotatable bonds is 7. The fourth-order valence-electron chi connectivity index (χ4n) is 2.79. The van der Waals surface area contributed by atoms with Gasteiger partial charge in [-0.15, -0.1) is 0 Å². The van der Waals surface area contributed by atoms with E-state index >= 15 is 0 Å². The van der Waals surface area contributed by atoms with Gasteiger partial charge in [0.25, 0.3) is 0 Å². The third kappa shape index (κ3) is 5.61. The van der Waals surface area contributed by atoms with Crippen LogP contribution in [0.5, 0.6) is 0 Å². The van der Waals surface area contributed by atoms with Crippen molar-refractivity contribution in [3.05, 3.63) is 34.9 Å². The van der Waals surface area contributed by atoms with Crippen LogP contribution >= 0.6 is 0 Å². The minimum Gasteiger partial charge on any atom is -0.454 e. The van der Waals surface area contributed by atoms with Crippen LogP contribution < -0.4 is 0 Å². The molecule has 3 atom stereocenters. The number of carbonyl (C=O) groups excluding carboxylic acids is 3. The van der Waals surface area contributed by atoms with Crippen molar-refractivity contribution in [2.75, 3.05) is 13.2 Å². The van der Waals surface area contributed by atoms with Gasteiger partial charge in [0.05, 0.1) is 13.2 Å². The molecular weight excluding hydrogens is 352 g/mol. The molecule has 7 heteroatoms. The molecule has 0 spiro atoms. The summed E-state index contributed by atoms with van der Waals surface area (Å²) in [5.74, 6) is -2.57. The Morgan fingerprint density at radius 3 is 2.22 bits per heavy atom. The van der Waals surface area contributed by atoms with E-state index in [0.29, 0.717) is 5.57 Å². The molecule has 0 unspecified atom stereocenters. The van der Waals surface area contributed by atoms with Crippen molar-refractivity contribution < 1.29 is 34.1 Å². The van der Waals surface area contributed by atoms with E-state index in [-0.39, 0.29) is 23.7 Å². The second-order valence-electron chi connectivity index (χ2n) is 6.77. The first kappa shape index (κ1) is 22.8. The first-order valence-corrected chi connectivity index (χ1v) is 8.86. The Kier molecular flexibility index (Phi) is 8.59. The first-order chi connectivity index (χ1) is 12.7. The molecule has 0 aliphatic heterocycles. The van der Waals surface area contributed by atoms with Crippen molar-refractivity contribution in [1.82, 2.24) is 0 Å². The number of ether oxygens (including phenoxy) is 2. The van der Waals surface area contributed by atoms with Gasteiger partial charge in [-0.25, -0.2) is 9.59 Å². The fraction of sp³-hybridized carbons (Fsp3) is 0.550. The molecule has 7 nitrogen and oxygen atoms in total. The Morgan fingerprint density at radius 1 is 1.15 bits per heavy atom. The van der Waals surface area contributed by atoms with E-state index in [1.165, 1.54) is 19.1 Å². The quantitative estimate of drug-likeness (QED) is 0.508. The molecule has 0 aromatic carbocycles. The molecule has 2 N–H and O–H groups in total. The van der Waals surface area contributed by atoms with Gasteiger partial charge in [-0.05, 0) is 38.8 Å². The number of allylic oxidation sites excluding steroid dienone is 1. The van der Waals surface area contributed by atoms with Crippen molar-refractivity contribution >= 4 is 17.7 Å². The lowest BCUT2D eigenvalue weighted by atomic mass is 9.77. The molecule has 0 fully saturated rings. The van der Waals surface area contributed by atoms with Crippen molar-refractivity contribution in [2.24, 2.45) is 11.8 Å². The third-order valence-electron chi connectivity index (χ3n) is 4.56. The highest BCUT2D eigenvalue weighted by Crippen LogP contribution is 2.33. The highest BCUT2D eigenvalue weighted by Gasteiger charge is 2.45. The van der Waals surface area contributed by atoms with Gasteiger partial charge in [-0.1, -0.05) is 19.9 Å². The molecule has 150 valence electrons. The molecule has 0 saturated carbocycles. The maximum atomic E-state index is 12.7. The fourth-order valence-corrected chi connectivity index (χ4v) is 2.79. The molecule has 0 saturated heterocycles. The van der Waals surface area contributed by atoms with Crippen LogP contribution in [-0.2, 0) is 23.9 Å². The lowest BCUT2D eigenvalue weighted by molar-refractivity contribution is -0.163. The van der Waals surface area contributed by atoms with Crippen molar-refractivity contribution in [3.8, 4) is 0 Å². The van der Waals surface area contributed by atoms with E-state index in [0.717, 1.165) is 0 Å². The summed E-state index contributed by atoms with van der Waals surface area (Å²) in [5.41, 5.74) is 0.597. The summed E-state index contributed by atoms with van der Waals surface area (Å²) in [6.07, 6.45) is 2.28. The smallest absolute Gasteiger partial charge is 0.334 e. The van der Waals surface area contributed by atoms with Crippen LogP contribution in [0.4, 0.5) is 0 Å². The van der Waals surface area contributed by atoms with E-state index in [2.05, 4.69) is 0 Å². The number of aliphatic hydroxyl groups is 2. The lowest BCUT2D eigenvalue weighted by Crippen LogP contribution is -2.49. The number of hydrogen-bond acceptors (Lipinski definition) is 7. The van der Waals surface area contributed by atoms with E-state index in [4.69, 9.17) is 14.6 Å². The zero-order valence-corrected chi connectivity index (χ0v) is 16.4. The SMILES string of the molecule is C/C=C(/C)C(=O)O[C@H]1C=C(CO)C(=O)[C@@H](OC(=O)/C(C)=C/CO)[C@H]1C(C)C. The average Bonchev–Trinajstić information content (AvgIpc) is 2.62. The van der Waals surface area contributed by atoms with Crippen LogP contribution in [0.3, 0.4) is 0 Å². The van der Waals surface area contributed by atoms with Crippen LogP contribution in [0.25, 0.3) is 0 Å². The normalized spacial score (nSPS) is 23.9. The standard InChI is InChI=1S/C20H28O7/c1-6-12(4)19(24)26-15-9-14(10-22)17(23)18(16(15)11(2)3)27-20(25)13(5)7-8-21/h6-7,9,11,15-16,18,21-22H,8,10H2,1-5H3/b12-6-,13-7+/t15-,16-,18-/m0/s1. The summed E-state index contributed by atoms with van der Waals surface area (Å²) in [5, 5.41) is 18.4. The molecule has 27 heavy (non-hydrogen) atoms. The summed E-state index contributed by atoms with van der Waals surface area (Å²) in [7, 11) is 0. The topological polar surface area (TPSA) is 110 Å². The zero-order valence-electron chi connectivity index (χ0n) is 16.4. The predicted octanol–water partition coefficient (Wildman–Crippen LogP) is 1.49. The van der Waals surface area contributed by atoms with Gasteiger partial charge in [0, 0.05) is 22.6 Å². The molecular formula is C20H28O7. The van der Waals surface area contributed by atoms with Gasteiger partial charge in [0.2, 0.25) is 5.78 Å². The van der Waals surface area contributed by atoms with E-state index in [9.17, 15) is 19.5 Å². The summed E-state index contributed by atoms with van der Waals surface area (Å²) in [6.45, 7) is 7.55. The third-order valence-corrected chi connectivity index (χ3v) is 4.56. The Bertz CT molecular complexity index is 670. The van der Waals surface area contributed by atoms with Gasteiger partial charge in [-0.3, -0.25) is 4.79 Å². The minimum absolute atomic E-state index is 0.0319. The minimum atomic E-state index is -1.20. The van der Waals surface area contributed by atoms with E-state index in [1.54, 1.807) is 19.9 Å². The van der Waals surface area contributed by atoms with Crippen LogP contribution in [0.1, 0.15) is 34.6 Å². The van der Waals surface area contributed by atoms with Crippen LogP contribution in [0, 0.1) is 11.8 Å². The summed E-state index contributed by atoms with van der Waals surface area (Å²) >= 11 is 0. The Hall–Kier alpha value is -2.25. The van der Waals surface area contributed by atoms with Crippen molar-refractivity contribution in [2.45, 2.75) is 46.8 Å².